The summed E-state index contributed by atoms with van der Waals surface area (Å²) < 4.78 is 5.46. The van der Waals surface area contributed by atoms with Gasteiger partial charge in [-0.05, 0) is 66.4 Å². The molecule has 41 heavy (non-hydrogen) atoms. The number of benzene rings is 3. The first-order valence-corrected chi connectivity index (χ1v) is 13.5. The summed E-state index contributed by atoms with van der Waals surface area (Å²) in [7, 11) is 1.54. The zero-order valence-electron chi connectivity index (χ0n) is 22.7. The smallest absolute Gasteiger partial charge is 0.335 e. The number of nitrogens with zero attached hydrogens (tertiary/aromatic N) is 2. The summed E-state index contributed by atoms with van der Waals surface area (Å²) in [5.74, 6) is -0.717. The lowest BCUT2D eigenvalue weighted by Crippen LogP contribution is -2.50. The van der Waals surface area contributed by atoms with Crippen molar-refractivity contribution in [3.63, 3.8) is 0 Å². The third-order valence-corrected chi connectivity index (χ3v) is 6.91. The molecule has 1 aliphatic rings. The van der Waals surface area contributed by atoms with Gasteiger partial charge in [-0.1, -0.05) is 48.9 Å². The van der Waals surface area contributed by atoms with Crippen molar-refractivity contribution in [2.24, 2.45) is 10.9 Å². The highest BCUT2D eigenvalue weighted by Gasteiger charge is 2.34. The largest absolute Gasteiger partial charge is 0.496 e. The lowest BCUT2D eigenvalue weighted by Gasteiger charge is -2.26. The molecule has 3 aromatic carbocycles. The van der Waals surface area contributed by atoms with Gasteiger partial charge in [0.25, 0.3) is 0 Å². The van der Waals surface area contributed by atoms with Crippen LogP contribution in [0.25, 0.3) is 0 Å². The highest BCUT2D eigenvalue weighted by molar-refractivity contribution is 6.30. The van der Waals surface area contributed by atoms with E-state index in [2.05, 4.69) is 15.8 Å². The molecule has 0 aliphatic carbocycles. The van der Waals surface area contributed by atoms with Crippen LogP contribution in [0, 0.1) is 5.92 Å². The van der Waals surface area contributed by atoms with Crippen molar-refractivity contribution in [3.8, 4) is 11.5 Å². The van der Waals surface area contributed by atoms with E-state index in [0.717, 1.165) is 10.5 Å². The van der Waals surface area contributed by atoms with E-state index in [9.17, 15) is 19.5 Å². The summed E-state index contributed by atoms with van der Waals surface area (Å²) in [5.41, 5.74) is 4.36. The predicted molar refractivity (Wildman–Crippen MR) is 154 cm³/mol. The molecule has 1 heterocycles. The number of hydroxylamine groups is 1. The average molecular weight is 579 g/mol. The normalized spacial score (nSPS) is 15.8. The first kappa shape index (κ1) is 29.4. The monoisotopic (exact) mass is 578 g/mol. The summed E-state index contributed by atoms with van der Waals surface area (Å²) in [6.45, 7) is 1.85. The molecule has 4 rings (SSSR count). The number of rotatable bonds is 9. The summed E-state index contributed by atoms with van der Waals surface area (Å²) in [6.07, 6.45) is 0.760. The molecule has 10 nitrogen and oxygen atoms in total. The van der Waals surface area contributed by atoms with Gasteiger partial charge in [0.2, 0.25) is 5.91 Å². The number of carbonyl (C=O) groups is 3. The van der Waals surface area contributed by atoms with Gasteiger partial charge in [0.1, 0.15) is 5.75 Å². The number of hydrogen-bond acceptors (Lipinski definition) is 7. The Morgan fingerprint density at radius 2 is 1.85 bits per heavy atom. The van der Waals surface area contributed by atoms with E-state index >= 15 is 0 Å². The second-order valence-electron chi connectivity index (χ2n) is 9.42. The lowest BCUT2D eigenvalue weighted by atomic mass is 9.97. The topological polar surface area (TPSA) is 130 Å². The van der Waals surface area contributed by atoms with Crippen LogP contribution < -0.4 is 20.4 Å². The number of amides is 3. The van der Waals surface area contributed by atoms with E-state index in [0.29, 0.717) is 34.3 Å². The van der Waals surface area contributed by atoms with Crippen LogP contribution >= 0.6 is 11.6 Å². The summed E-state index contributed by atoms with van der Waals surface area (Å²) >= 11 is 6.22. The van der Waals surface area contributed by atoms with Crippen LogP contribution in [0.15, 0.2) is 77.8 Å². The number of para-hydroxylation sites is 1. The van der Waals surface area contributed by atoms with Crippen molar-refractivity contribution in [2.45, 2.75) is 25.8 Å². The van der Waals surface area contributed by atoms with Crippen molar-refractivity contribution in [2.75, 3.05) is 20.2 Å². The second kappa shape index (κ2) is 13.7. The number of methoxy groups -OCH3 is 1. The maximum absolute atomic E-state index is 13.8. The number of hydrogen-bond donors (Lipinski definition) is 3. The fraction of sp³-hybridized carbons (Fsp3) is 0.267. The third-order valence-electron chi connectivity index (χ3n) is 6.68. The van der Waals surface area contributed by atoms with Crippen LogP contribution in [0.3, 0.4) is 0 Å². The number of ether oxygens (including phenoxy) is 1. The summed E-state index contributed by atoms with van der Waals surface area (Å²) in [4.78, 5) is 50.0. The number of carboxylic acids is 1. The zero-order valence-corrected chi connectivity index (χ0v) is 23.4. The molecule has 11 heteroatoms. The second-order valence-corrected chi connectivity index (χ2v) is 9.86. The minimum atomic E-state index is -1.04. The van der Waals surface area contributed by atoms with Crippen molar-refractivity contribution >= 4 is 35.3 Å². The molecule has 1 aliphatic heterocycles. The van der Waals surface area contributed by atoms with Crippen molar-refractivity contribution < 1.29 is 29.1 Å². The molecule has 0 saturated carbocycles. The molecular weight excluding hydrogens is 548 g/mol. The van der Waals surface area contributed by atoms with Crippen molar-refractivity contribution in [3.05, 3.63) is 94.5 Å². The van der Waals surface area contributed by atoms with Crippen LogP contribution in [-0.2, 0) is 11.2 Å². The lowest BCUT2D eigenvalue weighted by molar-refractivity contribution is -0.131. The van der Waals surface area contributed by atoms with Gasteiger partial charge in [-0.25, -0.2) is 15.1 Å². The number of aliphatic imine (C=N–C) groups is 1. The highest BCUT2D eigenvalue weighted by Crippen LogP contribution is 2.27. The number of nitrogens with one attached hydrogen (secondary N) is 2. The molecule has 0 bridgehead atoms. The molecule has 2 atom stereocenters. The van der Waals surface area contributed by atoms with Gasteiger partial charge < -0.3 is 20.0 Å². The van der Waals surface area contributed by atoms with E-state index in [-0.39, 0.29) is 25.1 Å². The maximum Gasteiger partial charge on any atom is 0.335 e. The van der Waals surface area contributed by atoms with Gasteiger partial charge in [0, 0.05) is 5.02 Å². The van der Waals surface area contributed by atoms with Crippen molar-refractivity contribution in [1.82, 2.24) is 15.7 Å². The Hall–Kier alpha value is -4.57. The molecule has 3 amide bonds. The SMILES string of the molecule is CCC(NC(=O)N1CC(NOc2ccccc2)=NC[C@@H](Cc2cc(Cl)ccc2OC)C1=O)c1ccc(C(=O)O)cc1. The van der Waals surface area contributed by atoms with Crippen LogP contribution in [0.2, 0.25) is 5.02 Å². The molecule has 3 aromatic rings. The molecular formula is C30H31ClN4O6. The van der Waals surface area contributed by atoms with Crippen LogP contribution in [-0.4, -0.2) is 53.9 Å². The minimum Gasteiger partial charge on any atom is -0.496 e. The molecule has 3 N–H and O–H groups in total. The molecule has 0 fully saturated rings. The minimum absolute atomic E-state index is 0.104. The Bertz CT molecular complexity index is 1410. The Morgan fingerprint density at radius 1 is 1.12 bits per heavy atom. The number of imide groups is 1. The van der Waals surface area contributed by atoms with Gasteiger partial charge in [-0.3, -0.25) is 14.7 Å². The number of halogens is 1. The predicted octanol–water partition coefficient (Wildman–Crippen LogP) is 4.89. The number of aromatic carboxylic acids is 1. The van der Waals surface area contributed by atoms with E-state index < -0.39 is 29.9 Å². The maximum atomic E-state index is 13.8. The highest BCUT2D eigenvalue weighted by atomic mass is 35.5. The Balaban J connectivity index is 1.58. The molecule has 0 aromatic heterocycles. The Morgan fingerprint density at radius 3 is 2.51 bits per heavy atom. The van der Waals surface area contributed by atoms with Crippen molar-refractivity contribution in [1.29, 1.82) is 0 Å². The zero-order chi connectivity index (χ0) is 29.4. The van der Waals surface area contributed by atoms with Crippen LogP contribution in [0.1, 0.15) is 40.9 Å². The molecule has 1 unspecified atom stereocenters. The third kappa shape index (κ3) is 7.55. The first-order valence-electron chi connectivity index (χ1n) is 13.1. The Kier molecular flexibility index (Phi) is 9.81. The van der Waals surface area contributed by atoms with Gasteiger partial charge in [0.05, 0.1) is 37.7 Å². The fourth-order valence-electron chi connectivity index (χ4n) is 4.47. The fourth-order valence-corrected chi connectivity index (χ4v) is 4.66. The van der Waals surface area contributed by atoms with Gasteiger partial charge >= 0.3 is 12.0 Å². The van der Waals surface area contributed by atoms with Gasteiger partial charge in [-0.15, -0.1) is 0 Å². The quantitative estimate of drug-likeness (QED) is 0.308. The summed E-state index contributed by atoms with van der Waals surface area (Å²) in [6, 6.07) is 19.4. The average Bonchev–Trinajstić information content (AvgIpc) is 3.14. The number of amidine groups is 1. The number of carbonyl (C=O) groups excluding carboxylic acids is 2. The Labute approximate surface area is 242 Å². The summed E-state index contributed by atoms with van der Waals surface area (Å²) in [5, 5.41) is 12.6. The molecule has 0 spiro atoms. The number of carboxylic acid groups (broad SMARTS) is 1. The van der Waals surface area contributed by atoms with E-state index in [1.165, 1.54) is 19.2 Å². The van der Waals surface area contributed by atoms with E-state index in [1.807, 2.05) is 25.1 Å². The van der Waals surface area contributed by atoms with Crippen LogP contribution in [0.4, 0.5) is 4.79 Å². The standard InChI is InChI=1S/C30H31ClN4O6/c1-3-25(19-9-11-20(12-10-19)29(37)38)33-30(39)35-18-27(34-41-24-7-5-4-6-8-24)32-17-22(28(35)36)15-21-16-23(31)13-14-26(21)40-2/h4-14,16,22,25H,3,15,17-18H2,1-2H3,(H,32,34)(H,33,39)(H,37,38)/t22-,25?/m1/s1. The molecule has 214 valence electrons. The van der Waals surface area contributed by atoms with Gasteiger partial charge in [-0.2, -0.15) is 0 Å². The van der Waals surface area contributed by atoms with E-state index in [4.69, 9.17) is 21.2 Å². The van der Waals surface area contributed by atoms with E-state index in [1.54, 1.807) is 42.5 Å². The van der Waals surface area contributed by atoms with Crippen LogP contribution in [0.5, 0.6) is 11.5 Å². The number of urea groups is 1. The molecule has 0 radical (unpaired) electrons. The molecule has 0 saturated heterocycles. The van der Waals surface area contributed by atoms with Gasteiger partial charge in [0.15, 0.2) is 11.6 Å². The first-order chi connectivity index (χ1) is 19.8.